The molecule has 2 amide bonds. The van der Waals surface area contributed by atoms with Gasteiger partial charge in [0.25, 0.3) is 5.91 Å². The Hall–Kier alpha value is -3.62. The number of benzene rings is 1. The fourth-order valence-electron chi connectivity index (χ4n) is 3.75. The molecule has 0 saturated heterocycles. The van der Waals surface area contributed by atoms with E-state index in [1.807, 2.05) is 0 Å². The number of nitrogens with zero attached hydrogens (tertiary/aromatic N) is 5. The summed E-state index contributed by atoms with van der Waals surface area (Å²) in [6.45, 7) is 2.22. The second-order valence-corrected chi connectivity index (χ2v) is 7.85. The number of anilines is 1. The molecule has 2 N–H and O–H groups in total. The number of hydrogen-bond acceptors (Lipinski definition) is 6. The van der Waals surface area contributed by atoms with E-state index in [0.29, 0.717) is 23.0 Å². The number of nitrogens with one attached hydrogen (secondary N) is 2. The number of hydrogen-bond donors (Lipinski definition) is 2. The number of carbonyl (C=O) groups is 2. The third kappa shape index (κ3) is 5.30. The molecule has 2 heterocycles. The number of carbonyl (C=O) groups excluding carboxylic acids is 2. The molecule has 2 unspecified atom stereocenters. The Balaban J connectivity index is 1.34. The molecule has 160 valence electrons. The molecule has 9 heteroatoms. The SMILES string of the molecule is CC1CCCCC1NC(=O)Cn1nnc(-c2ccc(NC(=O)c3ccncc3)cc2)n1. The summed E-state index contributed by atoms with van der Waals surface area (Å²) in [5, 5.41) is 18.3. The van der Waals surface area contributed by atoms with E-state index in [9.17, 15) is 9.59 Å². The van der Waals surface area contributed by atoms with E-state index in [0.717, 1.165) is 24.8 Å². The first-order valence-electron chi connectivity index (χ1n) is 10.5. The van der Waals surface area contributed by atoms with Gasteiger partial charge in [0.15, 0.2) is 0 Å². The number of aromatic nitrogens is 5. The number of amides is 2. The molecule has 4 rings (SSSR count). The Morgan fingerprint density at radius 2 is 1.81 bits per heavy atom. The Kier molecular flexibility index (Phi) is 6.30. The van der Waals surface area contributed by atoms with Gasteiger partial charge < -0.3 is 10.6 Å². The molecule has 0 spiro atoms. The minimum atomic E-state index is -0.211. The first-order chi connectivity index (χ1) is 15.1. The summed E-state index contributed by atoms with van der Waals surface area (Å²) in [4.78, 5) is 29.8. The van der Waals surface area contributed by atoms with Crippen molar-refractivity contribution < 1.29 is 9.59 Å². The van der Waals surface area contributed by atoms with Crippen LogP contribution in [-0.4, -0.2) is 43.0 Å². The molecule has 31 heavy (non-hydrogen) atoms. The van der Waals surface area contributed by atoms with Gasteiger partial charge >= 0.3 is 0 Å². The Labute approximate surface area is 180 Å². The predicted molar refractivity (Wildman–Crippen MR) is 115 cm³/mol. The van der Waals surface area contributed by atoms with Gasteiger partial charge in [-0.15, -0.1) is 10.2 Å². The second kappa shape index (κ2) is 9.46. The van der Waals surface area contributed by atoms with Gasteiger partial charge in [-0.05, 0) is 60.4 Å². The van der Waals surface area contributed by atoms with Crippen molar-refractivity contribution in [3.63, 3.8) is 0 Å². The van der Waals surface area contributed by atoms with Crippen LogP contribution in [0.15, 0.2) is 48.8 Å². The van der Waals surface area contributed by atoms with Crippen LogP contribution in [0.1, 0.15) is 43.0 Å². The summed E-state index contributed by atoms with van der Waals surface area (Å²) in [7, 11) is 0. The molecule has 1 saturated carbocycles. The van der Waals surface area contributed by atoms with Crippen LogP contribution in [0.25, 0.3) is 11.4 Å². The molecule has 1 fully saturated rings. The van der Waals surface area contributed by atoms with Gasteiger partial charge in [0.2, 0.25) is 11.7 Å². The zero-order valence-electron chi connectivity index (χ0n) is 17.4. The maximum absolute atomic E-state index is 12.4. The van der Waals surface area contributed by atoms with Crippen molar-refractivity contribution in [3.05, 3.63) is 54.4 Å². The summed E-state index contributed by atoms with van der Waals surface area (Å²) >= 11 is 0. The van der Waals surface area contributed by atoms with Crippen molar-refractivity contribution >= 4 is 17.5 Å². The topological polar surface area (TPSA) is 115 Å². The van der Waals surface area contributed by atoms with E-state index in [-0.39, 0.29) is 24.4 Å². The summed E-state index contributed by atoms with van der Waals surface area (Å²) in [5.74, 6) is 0.606. The molecular weight excluding hydrogens is 394 g/mol. The van der Waals surface area contributed by atoms with Crippen LogP contribution in [0.5, 0.6) is 0 Å². The van der Waals surface area contributed by atoms with Gasteiger partial charge in [0, 0.05) is 35.2 Å². The average Bonchev–Trinajstić information content (AvgIpc) is 3.25. The molecule has 0 aliphatic heterocycles. The highest BCUT2D eigenvalue weighted by Gasteiger charge is 2.23. The highest BCUT2D eigenvalue weighted by Crippen LogP contribution is 2.23. The van der Waals surface area contributed by atoms with E-state index in [1.54, 1.807) is 48.8 Å². The smallest absolute Gasteiger partial charge is 0.255 e. The molecule has 2 atom stereocenters. The molecule has 0 bridgehead atoms. The zero-order valence-corrected chi connectivity index (χ0v) is 17.4. The van der Waals surface area contributed by atoms with Crippen LogP contribution in [-0.2, 0) is 11.3 Å². The maximum atomic E-state index is 12.4. The Morgan fingerprint density at radius 1 is 1.06 bits per heavy atom. The molecule has 1 aliphatic rings. The fraction of sp³-hybridized carbons (Fsp3) is 0.364. The van der Waals surface area contributed by atoms with E-state index in [1.165, 1.54) is 11.2 Å². The lowest BCUT2D eigenvalue weighted by Gasteiger charge is -2.29. The first kappa shape index (κ1) is 20.6. The third-order valence-electron chi connectivity index (χ3n) is 5.54. The van der Waals surface area contributed by atoms with Crippen LogP contribution in [0.3, 0.4) is 0 Å². The highest BCUT2D eigenvalue weighted by molar-refractivity contribution is 6.04. The highest BCUT2D eigenvalue weighted by atomic mass is 16.2. The van der Waals surface area contributed by atoms with Crippen LogP contribution < -0.4 is 10.6 Å². The fourth-order valence-corrected chi connectivity index (χ4v) is 3.75. The second-order valence-electron chi connectivity index (χ2n) is 7.85. The third-order valence-corrected chi connectivity index (χ3v) is 5.54. The molecule has 0 radical (unpaired) electrons. The standard InChI is InChI=1S/C22H25N7O2/c1-15-4-2-3-5-19(15)25-20(30)14-29-27-21(26-28-29)16-6-8-18(9-7-16)24-22(31)17-10-12-23-13-11-17/h6-13,15,19H,2-5,14H2,1H3,(H,24,31)(H,25,30). The van der Waals surface area contributed by atoms with E-state index < -0.39 is 0 Å². The summed E-state index contributed by atoms with van der Waals surface area (Å²) in [5.41, 5.74) is 1.93. The molecule has 1 aliphatic carbocycles. The monoisotopic (exact) mass is 419 g/mol. The molecular formula is C22H25N7O2. The minimum Gasteiger partial charge on any atom is -0.351 e. The Bertz CT molecular complexity index is 1030. The van der Waals surface area contributed by atoms with Crippen molar-refractivity contribution in [1.82, 2.24) is 30.5 Å². The largest absolute Gasteiger partial charge is 0.351 e. The van der Waals surface area contributed by atoms with Crippen molar-refractivity contribution in [2.45, 2.75) is 45.2 Å². The lowest BCUT2D eigenvalue weighted by molar-refractivity contribution is -0.123. The molecule has 3 aromatic rings. The Morgan fingerprint density at radius 3 is 2.55 bits per heavy atom. The molecule has 2 aromatic heterocycles. The van der Waals surface area contributed by atoms with Gasteiger partial charge in [-0.25, -0.2) is 0 Å². The maximum Gasteiger partial charge on any atom is 0.255 e. The van der Waals surface area contributed by atoms with Gasteiger partial charge in [-0.3, -0.25) is 14.6 Å². The van der Waals surface area contributed by atoms with Crippen molar-refractivity contribution in [3.8, 4) is 11.4 Å². The molecule has 9 nitrogen and oxygen atoms in total. The van der Waals surface area contributed by atoms with Crippen LogP contribution in [0.4, 0.5) is 5.69 Å². The first-order valence-corrected chi connectivity index (χ1v) is 10.5. The van der Waals surface area contributed by atoms with E-state index in [2.05, 4.69) is 38.0 Å². The summed E-state index contributed by atoms with van der Waals surface area (Å²) in [6.07, 6.45) is 7.70. The minimum absolute atomic E-state index is 0.0380. The van der Waals surface area contributed by atoms with Gasteiger partial charge in [0.1, 0.15) is 6.54 Å². The van der Waals surface area contributed by atoms with Crippen molar-refractivity contribution in [2.75, 3.05) is 5.32 Å². The summed E-state index contributed by atoms with van der Waals surface area (Å²) in [6, 6.07) is 10.7. The van der Waals surface area contributed by atoms with Crippen LogP contribution in [0.2, 0.25) is 0 Å². The van der Waals surface area contributed by atoms with Crippen LogP contribution >= 0.6 is 0 Å². The number of pyridine rings is 1. The van der Waals surface area contributed by atoms with Crippen molar-refractivity contribution in [1.29, 1.82) is 0 Å². The average molecular weight is 419 g/mol. The quantitative estimate of drug-likeness (QED) is 0.635. The van der Waals surface area contributed by atoms with E-state index >= 15 is 0 Å². The van der Waals surface area contributed by atoms with Crippen molar-refractivity contribution in [2.24, 2.45) is 5.92 Å². The summed E-state index contributed by atoms with van der Waals surface area (Å²) < 4.78 is 0. The van der Waals surface area contributed by atoms with Crippen LogP contribution in [0, 0.1) is 5.92 Å². The van der Waals surface area contributed by atoms with E-state index in [4.69, 9.17) is 0 Å². The zero-order chi connectivity index (χ0) is 21.6. The molecule has 1 aromatic carbocycles. The van der Waals surface area contributed by atoms with Gasteiger partial charge in [-0.2, -0.15) is 4.80 Å². The number of rotatable bonds is 6. The lowest BCUT2D eigenvalue weighted by atomic mass is 9.86. The predicted octanol–water partition coefficient (Wildman–Crippen LogP) is 2.68. The van der Waals surface area contributed by atoms with Gasteiger partial charge in [-0.1, -0.05) is 19.8 Å². The normalized spacial score (nSPS) is 18.4. The lowest BCUT2D eigenvalue weighted by Crippen LogP contribution is -2.42. The van der Waals surface area contributed by atoms with Gasteiger partial charge in [0.05, 0.1) is 0 Å². The number of tetrazole rings is 1.